The number of aliphatic hydroxyl groups excluding tert-OH is 2. The topological polar surface area (TPSA) is 102 Å². The molecule has 7 heteroatoms. The van der Waals surface area contributed by atoms with Gasteiger partial charge in [0.05, 0.1) is 19.8 Å². The van der Waals surface area contributed by atoms with E-state index in [0.29, 0.717) is 55.8 Å². The third-order valence-electron chi connectivity index (χ3n) is 9.18. The van der Waals surface area contributed by atoms with Gasteiger partial charge in [0, 0.05) is 30.3 Å². The van der Waals surface area contributed by atoms with Crippen LogP contribution < -0.4 is 4.74 Å². The Balaban J connectivity index is 1.99. The molecule has 0 aromatic heterocycles. The van der Waals surface area contributed by atoms with Crippen LogP contribution in [0.25, 0.3) is 11.1 Å². The van der Waals surface area contributed by atoms with Crippen molar-refractivity contribution < 1.29 is 34.0 Å². The molecule has 258 valence electrons. The fourth-order valence-corrected chi connectivity index (χ4v) is 6.17. The van der Waals surface area contributed by atoms with E-state index in [1.54, 1.807) is 13.8 Å². The molecule has 0 heterocycles. The fraction of sp³-hybridized carbons (Fsp3) is 0.550. The molecule has 2 aromatic rings. The third kappa shape index (κ3) is 11.7. The monoisotopic (exact) mass is 648 g/mol. The summed E-state index contributed by atoms with van der Waals surface area (Å²) in [6.07, 6.45) is 8.89. The summed E-state index contributed by atoms with van der Waals surface area (Å²) in [4.78, 5) is 24.0. The second kappa shape index (κ2) is 19.4. The van der Waals surface area contributed by atoms with Gasteiger partial charge >= 0.3 is 11.9 Å². The zero-order chi connectivity index (χ0) is 34.3. The number of rotatable bonds is 19. The van der Waals surface area contributed by atoms with E-state index in [4.69, 9.17) is 14.2 Å². The number of carbonyl (C=O) groups is 2. The SMILES string of the molecule is C=C(C)C(=O)OCCCc1cc(-c2ccc(C3CCC(C)CC3)cc2CC)cc(CCCOC(=O)C(=C)C)c1OCCC(CO)CO. The first kappa shape index (κ1) is 38.0. The summed E-state index contributed by atoms with van der Waals surface area (Å²) in [6.45, 7) is 15.8. The van der Waals surface area contributed by atoms with Crippen molar-refractivity contribution in [1.82, 2.24) is 0 Å². The Bertz CT molecular complexity index is 1290. The van der Waals surface area contributed by atoms with E-state index in [0.717, 1.165) is 34.8 Å². The molecule has 1 aliphatic carbocycles. The van der Waals surface area contributed by atoms with Crippen molar-refractivity contribution >= 4 is 11.9 Å². The molecule has 0 unspecified atom stereocenters. The highest BCUT2D eigenvalue weighted by Crippen LogP contribution is 2.39. The van der Waals surface area contributed by atoms with Gasteiger partial charge in [-0.15, -0.1) is 0 Å². The maximum Gasteiger partial charge on any atom is 0.333 e. The van der Waals surface area contributed by atoms with Crippen molar-refractivity contribution in [2.75, 3.05) is 33.0 Å². The van der Waals surface area contributed by atoms with Gasteiger partial charge in [0.25, 0.3) is 0 Å². The summed E-state index contributed by atoms with van der Waals surface area (Å²) < 4.78 is 17.2. The van der Waals surface area contributed by atoms with Crippen molar-refractivity contribution in [3.63, 3.8) is 0 Å². The Hall–Kier alpha value is -3.42. The maximum atomic E-state index is 12.0. The smallest absolute Gasteiger partial charge is 0.333 e. The Kier molecular flexibility index (Phi) is 15.7. The lowest BCUT2D eigenvalue weighted by atomic mass is 9.78. The van der Waals surface area contributed by atoms with Crippen LogP contribution in [0.4, 0.5) is 0 Å². The van der Waals surface area contributed by atoms with Crippen molar-refractivity contribution in [1.29, 1.82) is 0 Å². The van der Waals surface area contributed by atoms with Crippen LogP contribution in [0.2, 0.25) is 0 Å². The van der Waals surface area contributed by atoms with Crippen LogP contribution >= 0.6 is 0 Å². The molecule has 47 heavy (non-hydrogen) atoms. The zero-order valence-corrected chi connectivity index (χ0v) is 29.1. The number of carbonyl (C=O) groups excluding carboxylic acids is 2. The first-order valence-electron chi connectivity index (χ1n) is 17.4. The Morgan fingerprint density at radius 1 is 0.830 bits per heavy atom. The highest BCUT2D eigenvalue weighted by atomic mass is 16.5. The van der Waals surface area contributed by atoms with Gasteiger partial charge in [-0.1, -0.05) is 58.0 Å². The van der Waals surface area contributed by atoms with E-state index in [2.05, 4.69) is 57.3 Å². The summed E-state index contributed by atoms with van der Waals surface area (Å²) in [5, 5.41) is 19.2. The first-order valence-corrected chi connectivity index (χ1v) is 17.4. The zero-order valence-electron chi connectivity index (χ0n) is 29.1. The van der Waals surface area contributed by atoms with Gasteiger partial charge in [0.15, 0.2) is 0 Å². The van der Waals surface area contributed by atoms with Gasteiger partial charge < -0.3 is 24.4 Å². The number of aliphatic hydroxyl groups is 2. The lowest BCUT2D eigenvalue weighted by Crippen LogP contribution is -2.16. The summed E-state index contributed by atoms with van der Waals surface area (Å²) in [7, 11) is 0. The molecular formula is C40H56O7. The normalized spacial score (nSPS) is 16.1. The van der Waals surface area contributed by atoms with Crippen LogP contribution in [-0.2, 0) is 38.3 Å². The van der Waals surface area contributed by atoms with E-state index in [9.17, 15) is 19.8 Å². The maximum absolute atomic E-state index is 12.0. The molecule has 3 rings (SSSR count). The molecule has 0 radical (unpaired) electrons. The quantitative estimate of drug-likeness (QED) is 0.0915. The highest BCUT2D eigenvalue weighted by molar-refractivity contribution is 5.87. The highest BCUT2D eigenvalue weighted by Gasteiger charge is 2.22. The molecular weight excluding hydrogens is 592 g/mol. The summed E-state index contributed by atoms with van der Waals surface area (Å²) in [5.74, 6) is 1.10. The Morgan fingerprint density at radius 2 is 1.38 bits per heavy atom. The average Bonchev–Trinajstić information content (AvgIpc) is 3.07. The standard InChI is InChI=1S/C40H56O7/c1-7-31-22-33(32-14-12-29(6)13-15-32)16-17-37(31)36-23-34(10-8-19-46-39(43)27(2)3)38(45-21-18-30(25-41)26-42)35(24-36)11-9-20-47-40(44)28(4)5/h16-17,22-24,29-30,32,41-42H,2,4,7-15,18-21,25-26H2,1,3,5-6H3. The average molecular weight is 649 g/mol. The molecule has 0 atom stereocenters. The molecule has 7 nitrogen and oxygen atoms in total. The minimum atomic E-state index is -0.403. The predicted molar refractivity (Wildman–Crippen MR) is 188 cm³/mol. The van der Waals surface area contributed by atoms with Gasteiger partial charge in [-0.05, 0) is 123 Å². The van der Waals surface area contributed by atoms with Gasteiger partial charge in [-0.25, -0.2) is 9.59 Å². The third-order valence-corrected chi connectivity index (χ3v) is 9.18. The molecule has 0 aliphatic heterocycles. The number of esters is 2. The number of aryl methyl sites for hydroxylation is 3. The van der Waals surface area contributed by atoms with E-state index in [1.807, 2.05) is 0 Å². The summed E-state index contributed by atoms with van der Waals surface area (Å²) >= 11 is 0. The molecule has 0 spiro atoms. The van der Waals surface area contributed by atoms with Crippen LogP contribution in [0.15, 0.2) is 54.6 Å². The lowest BCUT2D eigenvalue weighted by molar-refractivity contribution is -0.139. The second-order valence-electron chi connectivity index (χ2n) is 13.3. The predicted octanol–water partition coefficient (Wildman–Crippen LogP) is 7.68. The van der Waals surface area contributed by atoms with Crippen molar-refractivity contribution in [3.05, 3.63) is 76.9 Å². The van der Waals surface area contributed by atoms with Crippen LogP contribution in [0.1, 0.15) is 101 Å². The number of benzene rings is 2. The minimum Gasteiger partial charge on any atom is -0.493 e. The van der Waals surface area contributed by atoms with E-state index in [-0.39, 0.29) is 32.3 Å². The van der Waals surface area contributed by atoms with Crippen LogP contribution in [0.3, 0.4) is 0 Å². The largest absolute Gasteiger partial charge is 0.493 e. The molecule has 1 fully saturated rings. The molecule has 0 amide bonds. The van der Waals surface area contributed by atoms with Gasteiger partial charge in [-0.3, -0.25) is 0 Å². The lowest BCUT2D eigenvalue weighted by Gasteiger charge is -2.27. The van der Waals surface area contributed by atoms with E-state index in [1.165, 1.54) is 42.4 Å². The van der Waals surface area contributed by atoms with Crippen molar-refractivity contribution in [3.8, 4) is 16.9 Å². The number of hydrogen-bond donors (Lipinski definition) is 2. The van der Waals surface area contributed by atoms with Gasteiger partial charge in [0.2, 0.25) is 0 Å². The van der Waals surface area contributed by atoms with E-state index < -0.39 is 11.9 Å². The number of ether oxygens (including phenoxy) is 3. The van der Waals surface area contributed by atoms with Gasteiger partial charge in [0.1, 0.15) is 5.75 Å². The summed E-state index contributed by atoms with van der Waals surface area (Å²) in [6, 6.07) is 11.3. The van der Waals surface area contributed by atoms with E-state index >= 15 is 0 Å². The van der Waals surface area contributed by atoms with Gasteiger partial charge in [-0.2, -0.15) is 0 Å². The number of hydrogen-bond acceptors (Lipinski definition) is 7. The van der Waals surface area contributed by atoms with Crippen molar-refractivity contribution in [2.45, 2.75) is 97.8 Å². The minimum absolute atomic E-state index is 0.115. The Labute approximate surface area is 282 Å². The fourth-order valence-electron chi connectivity index (χ4n) is 6.17. The molecule has 1 aliphatic rings. The molecule has 0 saturated heterocycles. The summed E-state index contributed by atoms with van der Waals surface area (Å²) in [5.41, 5.74) is 7.77. The first-order chi connectivity index (χ1) is 22.6. The molecule has 0 bridgehead atoms. The molecule has 1 saturated carbocycles. The van der Waals surface area contributed by atoms with Crippen LogP contribution in [0.5, 0.6) is 5.75 Å². The van der Waals surface area contributed by atoms with Crippen LogP contribution in [-0.4, -0.2) is 55.2 Å². The molecule has 2 N–H and O–H groups in total. The second-order valence-corrected chi connectivity index (χ2v) is 13.3. The Morgan fingerprint density at radius 3 is 1.87 bits per heavy atom. The molecule has 2 aromatic carbocycles. The van der Waals surface area contributed by atoms with Crippen LogP contribution in [0, 0.1) is 11.8 Å². The van der Waals surface area contributed by atoms with Crippen molar-refractivity contribution in [2.24, 2.45) is 11.8 Å².